The summed E-state index contributed by atoms with van der Waals surface area (Å²) in [6.45, 7) is 2.01. The van der Waals surface area contributed by atoms with E-state index in [2.05, 4.69) is 31.5 Å². The van der Waals surface area contributed by atoms with E-state index in [0.29, 0.717) is 17.2 Å². The zero-order valence-electron chi connectivity index (χ0n) is 11.3. The number of nitrogens with zero attached hydrogens (tertiary/aromatic N) is 4. The van der Waals surface area contributed by atoms with Gasteiger partial charge in [-0.2, -0.15) is 4.68 Å². The molecule has 0 spiro atoms. The molecule has 0 aliphatic carbocycles. The highest BCUT2D eigenvalue weighted by atomic mass is 79.9. The van der Waals surface area contributed by atoms with E-state index in [0.717, 1.165) is 21.3 Å². The van der Waals surface area contributed by atoms with Gasteiger partial charge in [-0.05, 0) is 59.3 Å². The van der Waals surface area contributed by atoms with Gasteiger partial charge in [0.1, 0.15) is 0 Å². The number of aryl methyl sites for hydroxylation is 1. The van der Waals surface area contributed by atoms with Crippen molar-refractivity contribution in [2.45, 2.75) is 6.92 Å². The summed E-state index contributed by atoms with van der Waals surface area (Å²) in [5.41, 5.74) is 15.6. The Hall–Kier alpha value is -2.41. The first-order valence-corrected chi connectivity index (χ1v) is 7.06. The van der Waals surface area contributed by atoms with Crippen molar-refractivity contribution in [1.29, 1.82) is 0 Å². The maximum absolute atomic E-state index is 6.02. The van der Waals surface area contributed by atoms with Crippen molar-refractivity contribution in [3.63, 3.8) is 0 Å². The van der Waals surface area contributed by atoms with Crippen LogP contribution in [0.25, 0.3) is 17.1 Å². The second kappa shape index (κ2) is 5.17. The van der Waals surface area contributed by atoms with Crippen LogP contribution in [0.15, 0.2) is 40.9 Å². The molecule has 2 aromatic carbocycles. The lowest BCUT2D eigenvalue weighted by Crippen LogP contribution is -2.02. The Balaban J connectivity index is 2.14. The molecule has 106 valence electrons. The smallest absolute Gasteiger partial charge is 0.189 e. The van der Waals surface area contributed by atoms with E-state index in [9.17, 15) is 0 Å². The maximum Gasteiger partial charge on any atom is 0.189 e. The number of rotatable bonds is 2. The van der Waals surface area contributed by atoms with Crippen molar-refractivity contribution in [3.05, 3.63) is 46.4 Å². The summed E-state index contributed by atoms with van der Waals surface area (Å²) in [6.07, 6.45) is 0. The van der Waals surface area contributed by atoms with Crippen LogP contribution >= 0.6 is 15.9 Å². The predicted octanol–water partition coefficient (Wildman–Crippen LogP) is 2.56. The zero-order chi connectivity index (χ0) is 15.0. The Morgan fingerprint density at radius 3 is 2.62 bits per heavy atom. The Kier molecular flexibility index (Phi) is 3.34. The van der Waals surface area contributed by atoms with Crippen molar-refractivity contribution in [2.24, 2.45) is 0 Å². The van der Waals surface area contributed by atoms with Gasteiger partial charge in [-0.3, -0.25) is 0 Å². The summed E-state index contributed by atoms with van der Waals surface area (Å²) in [5.74, 6) is 0.578. The number of hydrogen-bond donors (Lipinski definition) is 2. The maximum atomic E-state index is 6.02. The number of benzene rings is 2. The molecule has 0 fully saturated rings. The molecule has 0 amide bonds. The number of anilines is 2. The van der Waals surface area contributed by atoms with Crippen LogP contribution in [-0.2, 0) is 0 Å². The van der Waals surface area contributed by atoms with Gasteiger partial charge in [-0.25, -0.2) is 0 Å². The van der Waals surface area contributed by atoms with Gasteiger partial charge in [0.2, 0.25) is 0 Å². The molecular formula is C14H13BrN6. The number of nitrogens with two attached hydrogens (primary N) is 2. The van der Waals surface area contributed by atoms with Gasteiger partial charge in [0.05, 0.1) is 5.69 Å². The topological polar surface area (TPSA) is 95.6 Å². The van der Waals surface area contributed by atoms with Crippen LogP contribution < -0.4 is 11.5 Å². The molecule has 0 saturated heterocycles. The van der Waals surface area contributed by atoms with Crippen LogP contribution in [0, 0.1) is 6.92 Å². The molecule has 0 atom stereocenters. The number of halogens is 1. The van der Waals surface area contributed by atoms with Gasteiger partial charge >= 0.3 is 0 Å². The van der Waals surface area contributed by atoms with Crippen molar-refractivity contribution in [3.8, 4) is 17.1 Å². The third-order valence-electron chi connectivity index (χ3n) is 3.17. The van der Waals surface area contributed by atoms with Crippen LogP contribution in [0.3, 0.4) is 0 Å². The summed E-state index contributed by atoms with van der Waals surface area (Å²) >= 11 is 3.48. The Labute approximate surface area is 129 Å². The molecule has 4 N–H and O–H groups in total. The number of aromatic nitrogens is 4. The van der Waals surface area contributed by atoms with Gasteiger partial charge in [-0.1, -0.05) is 15.9 Å². The minimum Gasteiger partial charge on any atom is -0.399 e. The summed E-state index contributed by atoms with van der Waals surface area (Å²) < 4.78 is 2.69. The third kappa shape index (κ3) is 2.47. The van der Waals surface area contributed by atoms with E-state index in [1.54, 1.807) is 16.8 Å². The van der Waals surface area contributed by atoms with Crippen LogP contribution in [0.5, 0.6) is 0 Å². The first kappa shape index (κ1) is 13.6. The molecule has 0 bridgehead atoms. The molecule has 0 saturated carbocycles. The fraction of sp³-hybridized carbons (Fsp3) is 0.0714. The van der Waals surface area contributed by atoms with E-state index in [-0.39, 0.29) is 0 Å². The third-order valence-corrected chi connectivity index (χ3v) is 4.06. The summed E-state index contributed by atoms with van der Waals surface area (Å²) in [6, 6.07) is 11.2. The van der Waals surface area contributed by atoms with E-state index in [1.807, 2.05) is 31.2 Å². The van der Waals surface area contributed by atoms with E-state index in [1.165, 1.54) is 0 Å². The van der Waals surface area contributed by atoms with E-state index < -0.39 is 0 Å². The van der Waals surface area contributed by atoms with Crippen molar-refractivity contribution in [1.82, 2.24) is 20.2 Å². The van der Waals surface area contributed by atoms with Gasteiger partial charge in [0, 0.05) is 21.4 Å². The molecule has 1 heterocycles. The highest BCUT2D eigenvalue weighted by Gasteiger charge is 2.14. The fourth-order valence-corrected chi connectivity index (χ4v) is 2.32. The molecule has 21 heavy (non-hydrogen) atoms. The normalized spacial score (nSPS) is 10.8. The molecule has 1 aromatic heterocycles. The van der Waals surface area contributed by atoms with E-state index >= 15 is 0 Å². The lowest BCUT2D eigenvalue weighted by molar-refractivity contribution is 0.790. The fourth-order valence-electron chi connectivity index (χ4n) is 2.07. The molecular weight excluding hydrogens is 332 g/mol. The first-order chi connectivity index (χ1) is 10.1. The summed E-state index contributed by atoms with van der Waals surface area (Å²) in [7, 11) is 0. The molecule has 6 nitrogen and oxygen atoms in total. The summed E-state index contributed by atoms with van der Waals surface area (Å²) in [5, 5.41) is 11.9. The Morgan fingerprint density at radius 1 is 1.10 bits per heavy atom. The molecule has 3 rings (SSSR count). The lowest BCUT2D eigenvalue weighted by Gasteiger charge is -2.08. The number of nitrogen functional groups attached to an aromatic ring is 2. The van der Waals surface area contributed by atoms with Crippen molar-refractivity contribution in [2.75, 3.05) is 11.5 Å². The van der Waals surface area contributed by atoms with Crippen LogP contribution in [0.4, 0.5) is 11.4 Å². The molecule has 0 aliphatic rings. The Morgan fingerprint density at radius 2 is 1.90 bits per heavy atom. The highest BCUT2D eigenvalue weighted by molar-refractivity contribution is 9.10. The first-order valence-electron chi connectivity index (χ1n) is 6.26. The number of tetrazole rings is 1. The second-order valence-electron chi connectivity index (χ2n) is 4.69. The molecule has 3 aromatic rings. The SMILES string of the molecule is Cc1cc(-n2nnnc2-c2ccc(N)cc2N)ccc1Br. The lowest BCUT2D eigenvalue weighted by atomic mass is 10.1. The molecule has 0 radical (unpaired) electrons. The zero-order valence-corrected chi connectivity index (χ0v) is 12.9. The van der Waals surface area contributed by atoms with Gasteiger partial charge in [0.15, 0.2) is 5.82 Å². The van der Waals surface area contributed by atoms with Crippen LogP contribution in [-0.4, -0.2) is 20.2 Å². The van der Waals surface area contributed by atoms with E-state index in [4.69, 9.17) is 11.5 Å². The van der Waals surface area contributed by atoms with Crippen LogP contribution in [0.2, 0.25) is 0 Å². The minimum atomic E-state index is 0.542. The largest absolute Gasteiger partial charge is 0.399 e. The van der Waals surface area contributed by atoms with Crippen molar-refractivity contribution < 1.29 is 0 Å². The van der Waals surface area contributed by atoms with Gasteiger partial charge < -0.3 is 11.5 Å². The molecule has 0 aliphatic heterocycles. The molecule has 7 heteroatoms. The average Bonchev–Trinajstić information content (AvgIpc) is 2.91. The van der Waals surface area contributed by atoms with Crippen LogP contribution in [0.1, 0.15) is 5.56 Å². The van der Waals surface area contributed by atoms with Gasteiger partial charge in [0.25, 0.3) is 0 Å². The molecule has 0 unspecified atom stereocenters. The predicted molar refractivity (Wildman–Crippen MR) is 85.9 cm³/mol. The standard InChI is InChI=1S/C14H13BrN6/c1-8-6-10(3-5-12(8)15)21-14(18-19-20-21)11-4-2-9(16)7-13(11)17/h2-7H,16-17H2,1H3. The summed E-state index contributed by atoms with van der Waals surface area (Å²) in [4.78, 5) is 0. The second-order valence-corrected chi connectivity index (χ2v) is 5.55. The van der Waals surface area contributed by atoms with Crippen molar-refractivity contribution >= 4 is 27.3 Å². The monoisotopic (exact) mass is 344 g/mol. The Bertz CT molecular complexity index is 811. The average molecular weight is 345 g/mol. The minimum absolute atomic E-state index is 0.542. The highest BCUT2D eigenvalue weighted by Crippen LogP contribution is 2.28. The quantitative estimate of drug-likeness (QED) is 0.696. The van der Waals surface area contributed by atoms with Gasteiger partial charge in [-0.15, -0.1) is 5.10 Å². The number of hydrogen-bond acceptors (Lipinski definition) is 5.